The molecule has 2 aromatic rings. The molecule has 1 aliphatic heterocycles. The Morgan fingerprint density at radius 2 is 1.78 bits per heavy atom. The number of aryl methyl sites for hydroxylation is 3. The summed E-state index contributed by atoms with van der Waals surface area (Å²) in [5, 5.41) is 2.31. The maximum atomic E-state index is 12.6. The molecule has 1 aliphatic rings. The number of anilines is 2. The van der Waals surface area contributed by atoms with Crippen molar-refractivity contribution in [1.29, 1.82) is 0 Å². The lowest BCUT2D eigenvalue weighted by Crippen LogP contribution is -2.34. The smallest absolute Gasteiger partial charge is 0.295 e. The first-order valence-corrected chi connectivity index (χ1v) is 8.29. The van der Waals surface area contributed by atoms with Crippen molar-refractivity contribution in [2.75, 3.05) is 10.2 Å². The lowest BCUT2D eigenvalue weighted by molar-refractivity contribution is -0.116. The van der Waals surface area contributed by atoms with E-state index in [4.69, 9.17) is 0 Å². The molecule has 1 N–H and O–H groups in total. The van der Waals surface area contributed by atoms with Crippen LogP contribution < -0.4 is 10.2 Å². The number of rotatable bonds is 3. The number of hydrogen-bond donors (Lipinski definition) is 1. The Labute approximate surface area is 139 Å². The fourth-order valence-corrected chi connectivity index (χ4v) is 3.39. The van der Waals surface area contributed by atoms with Gasteiger partial charge >= 0.3 is 0 Å². The van der Waals surface area contributed by atoms with Crippen LogP contribution in [0.2, 0.25) is 0 Å². The minimum absolute atomic E-state index is 0.233. The molecule has 0 radical (unpaired) electrons. The highest BCUT2D eigenvalue weighted by molar-refractivity contribution is 8.16. The lowest BCUT2D eigenvalue weighted by Gasteiger charge is -2.15. The van der Waals surface area contributed by atoms with Crippen LogP contribution in [0.3, 0.4) is 0 Å². The van der Waals surface area contributed by atoms with Crippen molar-refractivity contribution in [2.24, 2.45) is 0 Å². The minimum Gasteiger partial charge on any atom is -0.365 e. The van der Waals surface area contributed by atoms with Crippen LogP contribution in [0, 0.1) is 20.8 Å². The number of carbonyl (C=O) groups excluding carboxylic acids is 2. The molecule has 0 aliphatic carbocycles. The third-order valence-corrected chi connectivity index (χ3v) is 4.85. The summed E-state index contributed by atoms with van der Waals surface area (Å²) >= 11 is 1.01. The molecule has 1 fully saturated rings. The number of benzene rings is 2. The molecule has 118 valence electrons. The molecule has 2 amide bonds. The van der Waals surface area contributed by atoms with Gasteiger partial charge in [-0.25, -0.2) is 4.90 Å². The molecule has 0 unspecified atom stereocenters. The summed E-state index contributed by atoms with van der Waals surface area (Å²) in [5.41, 5.74) is 4.82. The fraction of sp³-hybridized carbons (Fsp3) is 0.222. The largest absolute Gasteiger partial charge is 0.365 e. The zero-order chi connectivity index (χ0) is 16.6. The van der Waals surface area contributed by atoms with Crippen molar-refractivity contribution in [1.82, 2.24) is 0 Å². The van der Waals surface area contributed by atoms with Gasteiger partial charge in [0.15, 0.2) is 5.37 Å². The van der Waals surface area contributed by atoms with Crippen molar-refractivity contribution < 1.29 is 9.59 Å². The second kappa shape index (κ2) is 6.08. The van der Waals surface area contributed by atoms with Crippen molar-refractivity contribution in [2.45, 2.75) is 26.1 Å². The SMILES string of the molecule is Cc1cccc(N2C(=O)S[C@H](Nc3ccc(C)c(C)c3)C2=O)c1. The van der Waals surface area contributed by atoms with Crippen molar-refractivity contribution in [3.63, 3.8) is 0 Å². The van der Waals surface area contributed by atoms with Gasteiger partial charge in [0, 0.05) is 5.69 Å². The molecule has 0 bridgehead atoms. The van der Waals surface area contributed by atoms with Crippen LogP contribution in [0.4, 0.5) is 16.2 Å². The van der Waals surface area contributed by atoms with E-state index in [9.17, 15) is 9.59 Å². The maximum absolute atomic E-state index is 12.6. The topological polar surface area (TPSA) is 49.4 Å². The van der Waals surface area contributed by atoms with Crippen LogP contribution in [0.25, 0.3) is 0 Å². The summed E-state index contributed by atoms with van der Waals surface area (Å²) in [6.45, 7) is 6.00. The fourth-order valence-electron chi connectivity index (χ4n) is 2.48. The molecule has 4 nitrogen and oxygen atoms in total. The standard InChI is InChI=1S/C18H18N2O2S/c1-11-5-4-6-15(9-11)20-17(21)16(23-18(20)22)19-14-8-7-12(2)13(3)10-14/h4-10,16,19H,1-3H3/t16-/m0/s1. The summed E-state index contributed by atoms with van der Waals surface area (Å²) in [7, 11) is 0. The van der Waals surface area contributed by atoms with Crippen molar-refractivity contribution in [3.05, 3.63) is 59.2 Å². The van der Waals surface area contributed by atoms with Crippen molar-refractivity contribution >= 4 is 34.3 Å². The second-order valence-corrected chi connectivity index (χ2v) is 6.78. The van der Waals surface area contributed by atoms with E-state index in [-0.39, 0.29) is 11.1 Å². The highest BCUT2D eigenvalue weighted by Crippen LogP contribution is 2.33. The van der Waals surface area contributed by atoms with Crippen LogP contribution in [-0.2, 0) is 4.79 Å². The van der Waals surface area contributed by atoms with Gasteiger partial charge in [-0.2, -0.15) is 0 Å². The second-order valence-electron chi connectivity index (χ2n) is 5.72. The van der Waals surface area contributed by atoms with Gasteiger partial charge in [0.2, 0.25) is 0 Å². The van der Waals surface area contributed by atoms with Gasteiger partial charge in [-0.05, 0) is 73.5 Å². The monoisotopic (exact) mass is 326 g/mol. The number of nitrogens with one attached hydrogen (secondary N) is 1. The third kappa shape index (κ3) is 3.10. The van der Waals surface area contributed by atoms with Gasteiger partial charge in [-0.1, -0.05) is 18.2 Å². The molecule has 5 heteroatoms. The first kappa shape index (κ1) is 15.6. The summed E-state index contributed by atoms with van der Waals surface area (Å²) in [4.78, 5) is 26.1. The van der Waals surface area contributed by atoms with E-state index in [2.05, 4.69) is 5.32 Å². The maximum Gasteiger partial charge on any atom is 0.295 e. The molecule has 1 heterocycles. The molecule has 23 heavy (non-hydrogen) atoms. The van der Waals surface area contributed by atoms with E-state index in [1.54, 1.807) is 6.07 Å². The number of thioether (sulfide) groups is 1. The van der Waals surface area contributed by atoms with E-state index < -0.39 is 5.37 Å². The summed E-state index contributed by atoms with van der Waals surface area (Å²) < 4.78 is 0. The summed E-state index contributed by atoms with van der Waals surface area (Å²) in [5.74, 6) is -0.233. The lowest BCUT2D eigenvalue weighted by atomic mass is 10.1. The van der Waals surface area contributed by atoms with E-state index in [0.717, 1.165) is 28.6 Å². The van der Waals surface area contributed by atoms with Crippen molar-refractivity contribution in [3.8, 4) is 0 Å². The molecule has 0 saturated carbocycles. The zero-order valence-electron chi connectivity index (χ0n) is 13.3. The highest BCUT2D eigenvalue weighted by atomic mass is 32.2. The molecule has 1 atom stereocenters. The molecular weight excluding hydrogens is 308 g/mol. The van der Waals surface area contributed by atoms with Gasteiger partial charge < -0.3 is 5.32 Å². The summed E-state index contributed by atoms with van der Waals surface area (Å²) in [6.07, 6.45) is 0. The van der Waals surface area contributed by atoms with Gasteiger partial charge in [0.25, 0.3) is 11.1 Å². The Hall–Kier alpha value is -2.27. The Morgan fingerprint density at radius 1 is 1.00 bits per heavy atom. The number of carbonyl (C=O) groups is 2. The predicted molar refractivity (Wildman–Crippen MR) is 95.0 cm³/mol. The molecular formula is C18H18N2O2S. The Kier molecular flexibility index (Phi) is 4.13. The first-order chi connectivity index (χ1) is 11.0. The van der Waals surface area contributed by atoms with Crippen LogP contribution >= 0.6 is 11.8 Å². The highest BCUT2D eigenvalue weighted by Gasteiger charge is 2.40. The van der Waals surface area contributed by atoms with E-state index in [0.29, 0.717) is 5.69 Å². The third-order valence-electron chi connectivity index (χ3n) is 3.91. The van der Waals surface area contributed by atoms with Crippen LogP contribution in [0.1, 0.15) is 16.7 Å². The number of amides is 2. The molecule has 0 spiro atoms. The van der Waals surface area contributed by atoms with Crippen LogP contribution in [-0.4, -0.2) is 16.5 Å². The Bertz CT molecular complexity index is 788. The Morgan fingerprint density at radius 3 is 2.48 bits per heavy atom. The van der Waals surface area contributed by atoms with Gasteiger partial charge in [0.05, 0.1) is 5.69 Å². The van der Waals surface area contributed by atoms with E-state index in [1.807, 2.05) is 57.2 Å². The molecule has 2 aromatic carbocycles. The molecule has 1 saturated heterocycles. The predicted octanol–water partition coefficient (Wildman–Crippen LogP) is 4.25. The van der Waals surface area contributed by atoms with Gasteiger partial charge in [-0.3, -0.25) is 9.59 Å². The first-order valence-electron chi connectivity index (χ1n) is 7.41. The number of nitrogens with zero attached hydrogens (tertiary/aromatic N) is 1. The Balaban J connectivity index is 1.82. The van der Waals surface area contributed by atoms with E-state index >= 15 is 0 Å². The number of hydrogen-bond acceptors (Lipinski definition) is 4. The van der Waals surface area contributed by atoms with Crippen LogP contribution in [0.5, 0.6) is 0 Å². The average molecular weight is 326 g/mol. The zero-order valence-corrected chi connectivity index (χ0v) is 14.1. The summed E-state index contributed by atoms with van der Waals surface area (Å²) in [6, 6.07) is 13.3. The van der Waals surface area contributed by atoms with Gasteiger partial charge in [-0.15, -0.1) is 0 Å². The minimum atomic E-state index is -0.592. The number of imide groups is 1. The average Bonchev–Trinajstić information content (AvgIpc) is 2.77. The molecule has 0 aromatic heterocycles. The van der Waals surface area contributed by atoms with E-state index in [1.165, 1.54) is 10.5 Å². The normalized spacial score (nSPS) is 17.7. The quantitative estimate of drug-likeness (QED) is 0.916. The molecule has 3 rings (SSSR count). The van der Waals surface area contributed by atoms with Gasteiger partial charge in [0.1, 0.15) is 0 Å². The van der Waals surface area contributed by atoms with Crippen LogP contribution in [0.15, 0.2) is 42.5 Å².